The lowest BCUT2D eigenvalue weighted by Gasteiger charge is -2.25. The van der Waals surface area contributed by atoms with Gasteiger partial charge in [-0.25, -0.2) is 9.59 Å². The molecule has 0 radical (unpaired) electrons. The van der Waals surface area contributed by atoms with E-state index in [-0.39, 0.29) is 11.4 Å². The van der Waals surface area contributed by atoms with Crippen LogP contribution in [0, 0.1) is 11.3 Å². The summed E-state index contributed by atoms with van der Waals surface area (Å²) in [5, 5.41) is 2.86. The fraction of sp³-hybridized carbons (Fsp3) is 0.667. The quantitative estimate of drug-likeness (QED) is 0.478. The predicted molar refractivity (Wildman–Crippen MR) is 83.6 cm³/mol. The van der Waals surface area contributed by atoms with Crippen LogP contribution in [0.5, 0.6) is 0 Å². The molecule has 2 atom stereocenters. The van der Waals surface area contributed by atoms with Gasteiger partial charge in [0.1, 0.15) is 0 Å². The van der Waals surface area contributed by atoms with Gasteiger partial charge in [-0.3, -0.25) is 4.90 Å². The number of hydrogen-bond donors (Lipinski definition) is 1. The van der Waals surface area contributed by atoms with Crippen molar-refractivity contribution >= 4 is 18.1 Å². The second-order valence-corrected chi connectivity index (χ2v) is 6.22. The first-order valence-corrected chi connectivity index (χ1v) is 7.42. The number of allylic oxidation sites excluding steroid dienone is 1. The molecule has 1 saturated carbocycles. The van der Waals surface area contributed by atoms with Gasteiger partial charge in [0.2, 0.25) is 5.96 Å². The summed E-state index contributed by atoms with van der Waals surface area (Å²) in [6.45, 7) is 0.588. The van der Waals surface area contributed by atoms with Crippen molar-refractivity contribution in [3.05, 3.63) is 12.2 Å². The van der Waals surface area contributed by atoms with Crippen LogP contribution in [0.25, 0.3) is 0 Å². The Labute approximate surface area is 131 Å². The first-order chi connectivity index (χ1) is 10.4. The molecule has 0 spiro atoms. The summed E-state index contributed by atoms with van der Waals surface area (Å²) in [6.07, 6.45) is 7.31. The van der Waals surface area contributed by atoms with Gasteiger partial charge in [-0.05, 0) is 25.2 Å². The zero-order chi connectivity index (χ0) is 16.3. The fourth-order valence-electron chi connectivity index (χ4n) is 3.15. The Bertz CT molecular complexity index is 515. The van der Waals surface area contributed by atoms with Gasteiger partial charge in [-0.1, -0.05) is 12.2 Å². The number of nitrogens with one attached hydrogen (secondary N) is 1. The van der Waals surface area contributed by atoms with Crippen LogP contribution in [0.1, 0.15) is 19.3 Å². The van der Waals surface area contributed by atoms with Gasteiger partial charge in [0.15, 0.2) is 0 Å². The number of hydrogen-bond acceptors (Lipinski definition) is 3. The Morgan fingerprint density at radius 2 is 2.14 bits per heavy atom. The second kappa shape index (κ2) is 6.37. The summed E-state index contributed by atoms with van der Waals surface area (Å²) in [5.74, 6) is 0.899. The largest absolute Gasteiger partial charge is 0.452 e. The highest BCUT2D eigenvalue weighted by molar-refractivity contribution is 5.99. The summed E-state index contributed by atoms with van der Waals surface area (Å²) in [6, 6.07) is -0.447. The first-order valence-electron chi connectivity index (χ1n) is 7.42. The van der Waals surface area contributed by atoms with Crippen molar-refractivity contribution in [1.82, 2.24) is 15.1 Å². The van der Waals surface area contributed by atoms with Crippen molar-refractivity contribution in [2.24, 2.45) is 16.3 Å². The van der Waals surface area contributed by atoms with E-state index in [9.17, 15) is 9.59 Å². The van der Waals surface area contributed by atoms with Gasteiger partial charge >= 0.3 is 12.1 Å². The van der Waals surface area contributed by atoms with Gasteiger partial charge < -0.3 is 15.0 Å². The molecule has 0 aromatic heterocycles. The van der Waals surface area contributed by atoms with E-state index < -0.39 is 12.1 Å². The Kier molecular flexibility index (Phi) is 4.73. The van der Waals surface area contributed by atoms with Crippen molar-refractivity contribution in [2.45, 2.75) is 19.3 Å². The van der Waals surface area contributed by atoms with E-state index in [0.29, 0.717) is 12.5 Å². The van der Waals surface area contributed by atoms with Crippen molar-refractivity contribution in [3.63, 3.8) is 0 Å². The average molecular weight is 308 g/mol. The van der Waals surface area contributed by atoms with Gasteiger partial charge in [0, 0.05) is 33.1 Å². The number of amides is 3. The molecule has 2 bridgehead atoms. The number of fused-ring (bicyclic) bond motifs is 2. The summed E-state index contributed by atoms with van der Waals surface area (Å²) in [4.78, 5) is 30.4. The van der Waals surface area contributed by atoms with E-state index in [1.807, 2.05) is 0 Å². The van der Waals surface area contributed by atoms with Gasteiger partial charge in [0.25, 0.3) is 0 Å². The second-order valence-electron chi connectivity index (χ2n) is 6.22. The Hall–Kier alpha value is -2.05. The maximum atomic E-state index is 12.1. The molecule has 2 unspecified atom stereocenters. The van der Waals surface area contributed by atoms with E-state index in [1.165, 1.54) is 25.5 Å². The molecule has 1 N–H and O–H groups in total. The average Bonchev–Trinajstić information content (AvgIpc) is 3.10. The van der Waals surface area contributed by atoms with Crippen LogP contribution >= 0.6 is 0 Å². The molecule has 122 valence electrons. The minimum atomic E-state index is -0.573. The molecule has 0 saturated heterocycles. The van der Waals surface area contributed by atoms with E-state index >= 15 is 0 Å². The number of ether oxygens (including phenoxy) is 1. The normalized spacial score (nSPS) is 26.0. The first kappa shape index (κ1) is 16.3. The zero-order valence-corrected chi connectivity index (χ0v) is 13.6. The number of carbonyl (C=O) groups excluding carboxylic acids is 2. The molecule has 7 nitrogen and oxygen atoms in total. The number of methoxy groups -OCH3 is 1. The fourth-order valence-corrected chi connectivity index (χ4v) is 3.15. The topological polar surface area (TPSA) is 74.2 Å². The molecule has 0 heterocycles. The number of rotatable bonds is 2. The van der Waals surface area contributed by atoms with E-state index in [0.717, 1.165) is 12.8 Å². The standard InChI is InChI=1S/C15H24N4O3/c1-18(2)13(19(3)14(21)22-4)17-12(20)16-10-15-7-5-11(9-15)6-8-15/h5,7,11H,6,8-10H2,1-4H3,(H,16,20)/b17-13+. The summed E-state index contributed by atoms with van der Waals surface area (Å²) in [5.41, 5.74) is 0.0996. The number of guanidine groups is 1. The highest BCUT2D eigenvalue weighted by Gasteiger charge is 2.40. The SMILES string of the molecule is COC(=O)N(C)/C(=N/C(=O)NCC12C=CC(CC1)C2)N(C)C. The molecule has 0 aromatic carbocycles. The summed E-state index contributed by atoms with van der Waals surface area (Å²) < 4.78 is 4.64. The molecule has 2 rings (SSSR count). The van der Waals surface area contributed by atoms with Crippen LogP contribution in [0.3, 0.4) is 0 Å². The third-order valence-corrected chi connectivity index (χ3v) is 4.35. The van der Waals surface area contributed by atoms with Gasteiger partial charge in [-0.2, -0.15) is 4.99 Å². The van der Waals surface area contributed by atoms with Crippen LogP contribution in [0.2, 0.25) is 0 Å². The van der Waals surface area contributed by atoms with Crippen LogP contribution in [-0.4, -0.2) is 62.7 Å². The van der Waals surface area contributed by atoms with Crippen LogP contribution in [0.4, 0.5) is 9.59 Å². The van der Waals surface area contributed by atoms with Gasteiger partial charge in [0.05, 0.1) is 7.11 Å². The third-order valence-electron chi connectivity index (χ3n) is 4.35. The summed E-state index contributed by atoms with van der Waals surface area (Å²) >= 11 is 0. The molecule has 2 aliphatic rings. The molecule has 7 heteroatoms. The van der Waals surface area contributed by atoms with Crippen molar-refractivity contribution < 1.29 is 14.3 Å². The van der Waals surface area contributed by atoms with Crippen LogP contribution in [0.15, 0.2) is 17.1 Å². The molecule has 2 aliphatic carbocycles. The van der Waals surface area contributed by atoms with Gasteiger partial charge in [-0.15, -0.1) is 0 Å². The van der Waals surface area contributed by atoms with E-state index in [4.69, 9.17) is 0 Å². The number of urea groups is 1. The summed E-state index contributed by atoms with van der Waals surface area (Å²) in [7, 11) is 6.23. The molecule has 0 aliphatic heterocycles. The Balaban J connectivity index is 1.97. The highest BCUT2D eigenvalue weighted by atomic mass is 16.5. The van der Waals surface area contributed by atoms with E-state index in [2.05, 4.69) is 27.2 Å². The van der Waals surface area contributed by atoms with Crippen molar-refractivity contribution in [1.29, 1.82) is 0 Å². The van der Waals surface area contributed by atoms with Crippen LogP contribution in [-0.2, 0) is 4.74 Å². The molecule has 3 amide bonds. The maximum absolute atomic E-state index is 12.1. The third kappa shape index (κ3) is 3.40. The molecule has 1 fully saturated rings. The lowest BCUT2D eigenvalue weighted by atomic mass is 9.88. The molecular weight excluding hydrogens is 284 g/mol. The highest BCUT2D eigenvalue weighted by Crippen LogP contribution is 2.48. The molecule has 22 heavy (non-hydrogen) atoms. The maximum Gasteiger partial charge on any atom is 0.416 e. The Morgan fingerprint density at radius 3 is 2.59 bits per heavy atom. The number of nitrogens with zero attached hydrogens (tertiary/aromatic N) is 3. The monoisotopic (exact) mass is 308 g/mol. The van der Waals surface area contributed by atoms with Crippen molar-refractivity contribution in [3.8, 4) is 0 Å². The minimum Gasteiger partial charge on any atom is -0.452 e. The number of aliphatic imine (C=N–C) groups is 1. The number of carbonyl (C=O) groups is 2. The lowest BCUT2D eigenvalue weighted by molar-refractivity contribution is 0.149. The smallest absolute Gasteiger partial charge is 0.416 e. The predicted octanol–water partition coefficient (Wildman–Crippen LogP) is 1.67. The zero-order valence-electron chi connectivity index (χ0n) is 13.6. The lowest BCUT2D eigenvalue weighted by Crippen LogP contribution is -2.43. The molecular formula is C15H24N4O3. The Morgan fingerprint density at radius 1 is 1.41 bits per heavy atom. The van der Waals surface area contributed by atoms with Crippen molar-refractivity contribution in [2.75, 3.05) is 34.8 Å². The van der Waals surface area contributed by atoms with E-state index in [1.54, 1.807) is 19.0 Å². The molecule has 0 aromatic rings. The minimum absolute atomic E-state index is 0.0996. The van der Waals surface area contributed by atoms with Crippen LogP contribution < -0.4 is 5.32 Å².